The molecule has 0 saturated heterocycles. The van der Waals surface area contributed by atoms with E-state index < -0.39 is 5.97 Å². The Bertz CT molecular complexity index is 355. The van der Waals surface area contributed by atoms with Crippen molar-refractivity contribution in [2.24, 2.45) is 0 Å². The summed E-state index contributed by atoms with van der Waals surface area (Å²) in [5, 5.41) is 8.68. The van der Waals surface area contributed by atoms with Crippen molar-refractivity contribution in [1.29, 1.82) is 0 Å². The summed E-state index contributed by atoms with van der Waals surface area (Å²) in [5.74, 6) is 1.01. The monoisotopic (exact) mass is 274 g/mol. The number of hydrogen-bond donors (Lipinski definition) is 1. The Balaban J connectivity index is 2.87. The molecule has 1 aromatic heterocycles. The Morgan fingerprint density at radius 1 is 1.53 bits per heavy atom. The van der Waals surface area contributed by atoms with E-state index in [1.54, 1.807) is 0 Å². The van der Waals surface area contributed by atoms with Gasteiger partial charge in [-0.1, -0.05) is 20.8 Å². The molecule has 1 unspecified atom stereocenters. The summed E-state index contributed by atoms with van der Waals surface area (Å²) in [6.07, 6.45) is 0.0947. The molecule has 0 fully saturated rings. The van der Waals surface area contributed by atoms with Crippen molar-refractivity contribution in [1.82, 2.24) is 0 Å². The zero-order valence-corrected chi connectivity index (χ0v) is 10.7. The van der Waals surface area contributed by atoms with E-state index in [0.29, 0.717) is 5.92 Å². The number of carboxylic acid groups (broad SMARTS) is 1. The van der Waals surface area contributed by atoms with Crippen LogP contribution in [-0.2, 0) is 4.79 Å². The standard InChI is InChI=1S/C11H15BrO3/c1-6(2)11-8(12)5-9(15-11)7(3)4-10(13)14/h5-7H,4H2,1-3H3,(H,13,14). The molecule has 1 aromatic rings. The molecule has 0 aromatic carbocycles. The highest BCUT2D eigenvalue weighted by molar-refractivity contribution is 9.10. The molecule has 1 heterocycles. The van der Waals surface area contributed by atoms with E-state index in [1.165, 1.54) is 0 Å². The highest BCUT2D eigenvalue weighted by atomic mass is 79.9. The molecule has 0 aliphatic heterocycles. The molecule has 84 valence electrons. The van der Waals surface area contributed by atoms with Crippen LogP contribution < -0.4 is 0 Å². The Morgan fingerprint density at radius 2 is 2.13 bits per heavy atom. The van der Waals surface area contributed by atoms with Crippen LogP contribution in [0.25, 0.3) is 0 Å². The molecule has 3 nitrogen and oxygen atoms in total. The largest absolute Gasteiger partial charge is 0.481 e. The van der Waals surface area contributed by atoms with Gasteiger partial charge in [0.25, 0.3) is 0 Å². The predicted octanol–water partition coefficient (Wildman–Crippen LogP) is 3.74. The van der Waals surface area contributed by atoms with Crippen LogP contribution in [0, 0.1) is 0 Å². The molecule has 1 rings (SSSR count). The van der Waals surface area contributed by atoms with Gasteiger partial charge in [0, 0.05) is 11.8 Å². The lowest BCUT2D eigenvalue weighted by atomic mass is 10.1. The van der Waals surface area contributed by atoms with Crippen molar-refractivity contribution in [3.63, 3.8) is 0 Å². The molecular weight excluding hydrogens is 260 g/mol. The molecule has 4 heteroatoms. The van der Waals surface area contributed by atoms with Crippen LogP contribution >= 0.6 is 15.9 Å². The van der Waals surface area contributed by atoms with E-state index >= 15 is 0 Å². The number of aliphatic carboxylic acids is 1. The van der Waals surface area contributed by atoms with Crippen LogP contribution in [0.2, 0.25) is 0 Å². The summed E-state index contributed by atoms with van der Waals surface area (Å²) in [4.78, 5) is 10.6. The van der Waals surface area contributed by atoms with E-state index in [-0.39, 0.29) is 12.3 Å². The van der Waals surface area contributed by atoms with Crippen LogP contribution in [0.4, 0.5) is 0 Å². The number of hydrogen-bond acceptors (Lipinski definition) is 2. The molecule has 1 N–H and O–H groups in total. The van der Waals surface area contributed by atoms with Crippen molar-refractivity contribution in [3.05, 3.63) is 22.1 Å². The lowest BCUT2D eigenvalue weighted by Gasteiger charge is -2.05. The van der Waals surface area contributed by atoms with Gasteiger partial charge in [-0.05, 0) is 22.0 Å². The molecule has 0 spiro atoms. The Morgan fingerprint density at radius 3 is 2.53 bits per heavy atom. The van der Waals surface area contributed by atoms with E-state index in [0.717, 1.165) is 16.0 Å². The first kappa shape index (κ1) is 12.3. The molecule has 0 aliphatic rings. The molecule has 0 bridgehead atoms. The van der Waals surface area contributed by atoms with Gasteiger partial charge >= 0.3 is 5.97 Å². The topological polar surface area (TPSA) is 50.4 Å². The fourth-order valence-electron chi connectivity index (χ4n) is 1.40. The molecular formula is C11H15BrO3. The van der Waals surface area contributed by atoms with Gasteiger partial charge in [0.1, 0.15) is 11.5 Å². The fourth-order valence-corrected chi connectivity index (χ4v) is 2.16. The molecule has 0 radical (unpaired) electrons. The van der Waals surface area contributed by atoms with Crippen molar-refractivity contribution in [2.45, 2.75) is 39.0 Å². The van der Waals surface area contributed by atoms with Crippen molar-refractivity contribution >= 4 is 21.9 Å². The quantitative estimate of drug-likeness (QED) is 0.910. The normalized spacial score (nSPS) is 13.1. The van der Waals surface area contributed by atoms with Crippen LogP contribution in [-0.4, -0.2) is 11.1 Å². The minimum Gasteiger partial charge on any atom is -0.481 e. The smallest absolute Gasteiger partial charge is 0.304 e. The van der Waals surface area contributed by atoms with E-state index in [9.17, 15) is 4.79 Å². The number of carbonyl (C=O) groups is 1. The number of furan rings is 1. The van der Waals surface area contributed by atoms with E-state index in [1.807, 2.05) is 26.8 Å². The molecule has 15 heavy (non-hydrogen) atoms. The zero-order valence-electron chi connectivity index (χ0n) is 9.08. The maximum Gasteiger partial charge on any atom is 0.304 e. The summed E-state index contributed by atoms with van der Waals surface area (Å²) in [6, 6.07) is 1.86. The Kier molecular flexibility index (Phi) is 3.97. The highest BCUT2D eigenvalue weighted by Gasteiger charge is 2.18. The average molecular weight is 275 g/mol. The predicted molar refractivity (Wildman–Crippen MR) is 61.2 cm³/mol. The van der Waals surface area contributed by atoms with Gasteiger partial charge in [-0.25, -0.2) is 0 Å². The van der Waals surface area contributed by atoms with E-state index in [2.05, 4.69) is 15.9 Å². The number of halogens is 1. The van der Waals surface area contributed by atoms with Crippen molar-refractivity contribution in [3.8, 4) is 0 Å². The Labute approximate surface area is 97.6 Å². The minimum atomic E-state index is -0.805. The van der Waals surface area contributed by atoms with Gasteiger partial charge in [0.05, 0.1) is 10.9 Å². The lowest BCUT2D eigenvalue weighted by molar-refractivity contribution is -0.137. The fraction of sp³-hybridized carbons (Fsp3) is 0.545. The van der Waals surface area contributed by atoms with Gasteiger partial charge in [-0.2, -0.15) is 0 Å². The van der Waals surface area contributed by atoms with Gasteiger partial charge < -0.3 is 9.52 Å². The van der Waals surface area contributed by atoms with Crippen LogP contribution in [0.1, 0.15) is 50.5 Å². The SMILES string of the molecule is CC(C)c1oc(C(C)CC(=O)O)cc1Br. The third kappa shape index (κ3) is 3.09. The summed E-state index contributed by atoms with van der Waals surface area (Å²) >= 11 is 3.41. The Hall–Kier alpha value is -0.770. The zero-order chi connectivity index (χ0) is 11.6. The molecule has 0 amide bonds. The van der Waals surface area contributed by atoms with Gasteiger partial charge in [-0.15, -0.1) is 0 Å². The van der Waals surface area contributed by atoms with Crippen molar-refractivity contribution < 1.29 is 14.3 Å². The number of rotatable bonds is 4. The van der Waals surface area contributed by atoms with Crippen molar-refractivity contribution in [2.75, 3.05) is 0 Å². The van der Waals surface area contributed by atoms with Crippen LogP contribution in [0.5, 0.6) is 0 Å². The van der Waals surface area contributed by atoms with Gasteiger partial charge in [-0.3, -0.25) is 4.79 Å². The first-order chi connectivity index (χ1) is 6.91. The van der Waals surface area contributed by atoms with Crippen LogP contribution in [0.15, 0.2) is 15.0 Å². The first-order valence-corrected chi connectivity index (χ1v) is 5.72. The first-order valence-electron chi connectivity index (χ1n) is 4.92. The molecule has 0 saturated carbocycles. The lowest BCUT2D eigenvalue weighted by Crippen LogP contribution is -2.01. The maximum atomic E-state index is 10.6. The average Bonchev–Trinajstić information content (AvgIpc) is 2.46. The highest BCUT2D eigenvalue weighted by Crippen LogP contribution is 2.32. The second-order valence-corrected chi connectivity index (χ2v) is 4.87. The summed E-state index contributed by atoms with van der Waals surface area (Å²) in [6.45, 7) is 5.92. The second-order valence-electron chi connectivity index (χ2n) is 4.01. The van der Waals surface area contributed by atoms with Crippen LogP contribution in [0.3, 0.4) is 0 Å². The summed E-state index contributed by atoms with van der Waals surface area (Å²) in [7, 11) is 0. The third-order valence-corrected chi connectivity index (χ3v) is 2.84. The van der Waals surface area contributed by atoms with Gasteiger partial charge in [0.2, 0.25) is 0 Å². The summed E-state index contributed by atoms with van der Waals surface area (Å²) < 4.78 is 6.55. The summed E-state index contributed by atoms with van der Waals surface area (Å²) in [5.41, 5.74) is 0. The number of carboxylic acids is 1. The third-order valence-electron chi connectivity index (χ3n) is 2.22. The second kappa shape index (κ2) is 4.84. The van der Waals surface area contributed by atoms with E-state index in [4.69, 9.17) is 9.52 Å². The van der Waals surface area contributed by atoms with Gasteiger partial charge in [0.15, 0.2) is 0 Å². The molecule has 0 aliphatic carbocycles. The molecule has 1 atom stereocenters. The minimum absolute atomic E-state index is 0.0914. The maximum absolute atomic E-state index is 10.6.